The second kappa shape index (κ2) is 12.3. The van der Waals surface area contributed by atoms with Crippen molar-refractivity contribution in [3.63, 3.8) is 0 Å². The second-order valence-corrected chi connectivity index (χ2v) is 9.94. The SMILES string of the molecule is CCOC(=O)C1CCN(c2ncnc(Nc3cc(Cl)c(C(C#N)c4ccc(Cl)cc4)cc3C)c2[N+](=O)[O-])CC1. The van der Waals surface area contributed by atoms with E-state index in [0.717, 1.165) is 5.56 Å². The molecule has 1 unspecified atom stereocenters. The van der Waals surface area contributed by atoms with Gasteiger partial charge < -0.3 is 15.0 Å². The maximum absolute atomic E-state index is 12.2. The Morgan fingerprint density at radius 3 is 2.56 bits per heavy atom. The van der Waals surface area contributed by atoms with Crippen LogP contribution < -0.4 is 10.2 Å². The lowest BCUT2D eigenvalue weighted by atomic mass is 9.91. The Hall–Kier alpha value is -3.94. The Labute approximate surface area is 235 Å². The summed E-state index contributed by atoms with van der Waals surface area (Å²) in [5.74, 6) is -0.929. The molecule has 2 aromatic carbocycles. The lowest BCUT2D eigenvalue weighted by molar-refractivity contribution is -0.383. The van der Waals surface area contributed by atoms with Gasteiger partial charge in [0.1, 0.15) is 6.33 Å². The van der Waals surface area contributed by atoms with E-state index in [-0.39, 0.29) is 29.2 Å². The van der Waals surface area contributed by atoms with E-state index in [9.17, 15) is 20.2 Å². The zero-order chi connectivity index (χ0) is 28.1. The molecule has 39 heavy (non-hydrogen) atoms. The molecule has 0 amide bonds. The molecule has 10 nitrogen and oxygen atoms in total. The molecule has 0 bridgehead atoms. The largest absolute Gasteiger partial charge is 0.466 e. The highest BCUT2D eigenvalue weighted by molar-refractivity contribution is 6.32. The number of aromatic nitrogens is 2. The van der Waals surface area contributed by atoms with Crippen LogP contribution >= 0.6 is 23.2 Å². The van der Waals surface area contributed by atoms with Crippen molar-refractivity contribution in [1.29, 1.82) is 5.26 Å². The number of carbonyl (C=O) groups is 1. The summed E-state index contributed by atoms with van der Waals surface area (Å²) in [7, 11) is 0. The number of esters is 1. The predicted molar refractivity (Wildman–Crippen MR) is 149 cm³/mol. The Balaban J connectivity index is 1.61. The van der Waals surface area contributed by atoms with Crippen LogP contribution in [0, 0.1) is 34.3 Å². The zero-order valence-electron chi connectivity index (χ0n) is 21.4. The maximum Gasteiger partial charge on any atom is 0.353 e. The Morgan fingerprint density at radius 2 is 1.95 bits per heavy atom. The van der Waals surface area contributed by atoms with Crippen molar-refractivity contribution in [2.75, 3.05) is 29.9 Å². The van der Waals surface area contributed by atoms with Crippen LogP contribution in [0.2, 0.25) is 10.0 Å². The molecule has 202 valence electrons. The topological polar surface area (TPSA) is 134 Å². The third-order valence-electron chi connectivity index (χ3n) is 6.64. The average Bonchev–Trinajstić information content (AvgIpc) is 2.92. The van der Waals surface area contributed by atoms with E-state index < -0.39 is 10.8 Å². The van der Waals surface area contributed by atoms with Crippen molar-refractivity contribution in [1.82, 2.24) is 9.97 Å². The van der Waals surface area contributed by atoms with Gasteiger partial charge in [-0.05, 0) is 61.6 Å². The van der Waals surface area contributed by atoms with Gasteiger partial charge in [0, 0.05) is 28.8 Å². The molecule has 12 heteroatoms. The number of ether oxygens (including phenoxy) is 1. The molecule has 1 saturated heterocycles. The predicted octanol–water partition coefficient (Wildman–Crippen LogP) is 6.18. The Kier molecular flexibility index (Phi) is 8.84. The van der Waals surface area contributed by atoms with Gasteiger partial charge >= 0.3 is 11.7 Å². The van der Waals surface area contributed by atoms with E-state index in [1.807, 2.05) is 6.92 Å². The summed E-state index contributed by atoms with van der Waals surface area (Å²) < 4.78 is 5.12. The van der Waals surface area contributed by atoms with Gasteiger partial charge in [0.2, 0.25) is 11.6 Å². The minimum Gasteiger partial charge on any atom is -0.466 e. The van der Waals surface area contributed by atoms with Gasteiger partial charge in [-0.15, -0.1) is 0 Å². The molecule has 1 fully saturated rings. The minimum absolute atomic E-state index is 0.0129. The number of halogens is 2. The number of nitriles is 1. The summed E-state index contributed by atoms with van der Waals surface area (Å²) in [5, 5.41) is 26.0. The molecular weight excluding hydrogens is 543 g/mol. The first-order chi connectivity index (χ1) is 18.7. The van der Waals surface area contributed by atoms with Crippen molar-refractivity contribution in [2.45, 2.75) is 32.6 Å². The molecular formula is C27H26Cl2N6O4. The van der Waals surface area contributed by atoms with Gasteiger partial charge in [-0.1, -0.05) is 41.4 Å². The van der Waals surface area contributed by atoms with E-state index in [0.29, 0.717) is 59.4 Å². The Morgan fingerprint density at radius 1 is 1.26 bits per heavy atom. The number of piperidine rings is 1. The third-order valence-corrected chi connectivity index (χ3v) is 7.22. The van der Waals surface area contributed by atoms with Gasteiger partial charge in [0.15, 0.2) is 0 Å². The van der Waals surface area contributed by atoms with Crippen molar-refractivity contribution >= 4 is 52.2 Å². The van der Waals surface area contributed by atoms with Crippen molar-refractivity contribution in [2.24, 2.45) is 5.92 Å². The molecule has 1 aromatic heterocycles. The Bertz CT molecular complexity index is 1420. The van der Waals surface area contributed by atoms with E-state index in [4.69, 9.17) is 27.9 Å². The quantitative estimate of drug-likeness (QED) is 0.192. The number of nitro groups is 1. The number of hydrogen-bond acceptors (Lipinski definition) is 9. The van der Waals surface area contributed by atoms with E-state index in [1.165, 1.54) is 6.33 Å². The van der Waals surface area contributed by atoms with Crippen LogP contribution in [0.25, 0.3) is 0 Å². The summed E-state index contributed by atoms with van der Waals surface area (Å²) in [6, 6.07) is 12.7. The lowest BCUT2D eigenvalue weighted by Gasteiger charge is -2.31. The monoisotopic (exact) mass is 568 g/mol. The number of rotatable bonds is 8. The number of nitrogens with zero attached hydrogens (tertiary/aromatic N) is 5. The van der Waals surface area contributed by atoms with E-state index in [2.05, 4.69) is 21.4 Å². The fourth-order valence-corrected chi connectivity index (χ4v) is 5.01. The number of benzene rings is 2. The number of aryl methyl sites for hydroxylation is 1. The molecule has 0 radical (unpaired) electrons. The van der Waals surface area contributed by atoms with Crippen LogP contribution in [-0.2, 0) is 9.53 Å². The molecule has 1 N–H and O–H groups in total. The fourth-order valence-electron chi connectivity index (χ4n) is 4.61. The molecule has 1 atom stereocenters. The molecule has 0 saturated carbocycles. The van der Waals surface area contributed by atoms with Crippen molar-refractivity contribution in [3.05, 3.63) is 79.6 Å². The first-order valence-corrected chi connectivity index (χ1v) is 13.1. The number of nitrogens with one attached hydrogen (secondary N) is 1. The normalized spacial score (nSPS) is 14.4. The first kappa shape index (κ1) is 28.1. The second-order valence-electron chi connectivity index (χ2n) is 9.09. The standard InChI is InChI=1S/C27H26Cl2N6O4/c1-3-39-27(36)18-8-10-34(11-9-18)26-24(35(37)38)25(31-15-32-26)33-23-13-22(29)20(12-16(23)2)21(14-30)17-4-6-19(28)7-5-17/h4-7,12-13,15,18,21H,3,8-11H2,1-2H3,(H,31,32,33). The third kappa shape index (κ3) is 6.21. The summed E-state index contributed by atoms with van der Waals surface area (Å²) >= 11 is 12.6. The van der Waals surface area contributed by atoms with Crippen LogP contribution in [-0.4, -0.2) is 40.6 Å². The summed E-state index contributed by atoms with van der Waals surface area (Å²) in [4.78, 5) is 33.9. The van der Waals surface area contributed by atoms with Crippen LogP contribution in [0.4, 0.5) is 23.0 Å². The van der Waals surface area contributed by atoms with Gasteiger partial charge in [-0.25, -0.2) is 9.97 Å². The molecule has 0 spiro atoms. The molecule has 1 aliphatic rings. The van der Waals surface area contributed by atoms with E-state index in [1.54, 1.807) is 48.2 Å². The summed E-state index contributed by atoms with van der Waals surface area (Å²) in [5.41, 5.74) is 2.29. The van der Waals surface area contributed by atoms with Gasteiger partial charge in [0.25, 0.3) is 0 Å². The highest BCUT2D eigenvalue weighted by atomic mass is 35.5. The lowest BCUT2D eigenvalue weighted by Crippen LogP contribution is -2.37. The average molecular weight is 569 g/mol. The first-order valence-electron chi connectivity index (χ1n) is 12.4. The van der Waals surface area contributed by atoms with Crippen LogP contribution in [0.3, 0.4) is 0 Å². The maximum atomic E-state index is 12.2. The van der Waals surface area contributed by atoms with Crippen molar-refractivity contribution in [3.8, 4) is 6.07 Å². The molecule has 2 heterocycles. The smallest absolute Gasteiger partial charge is 0.353 e. The van der Waals surface area contributed by atoms with Gasteiger partial charge in [-0.3, -0.25) is 14.9 Å². The highest BCUT2D eigenvalue weighted by Crippen LogP contribution is 2.39. The van der Waals surface area contributed by atoms with E-state index >= 15 is 0 Å². The van der Waals surface area contributed by atoms with Crippen LogP contribution in [0.5, 0.6) is 0 Å². The van der Waals surface area contributed by atoms with Crippen LogP contribution in [0.1, 0.15) is 42.4 Å². The van der Waals surface area contributed by atoms with Gasteiger partial charge in [0.05, 0.1) is 29.4 Å². The van der Waals surface area contributed by atoms with Crippen LogP contribution in [0.15, 0.2) is 42.7 Å². The zero-order valence-corrected chi connectivity index (χ0v) is 22.9. The van der Waals surface area contributed by atoms with Crippen molar-refractivity contribution < 1.29 is 14.5 Å². The number of anilines is 3. The number of carbonyl (C=O) groups excluding carboxylic acids is 1. The summed E-state index contributed by atoms with van der Waals surface area (Å²) in [6.07, 6.45) is 2.28. The number of hydrogen-bond donors (Lipinski definition) is 1. The molecule has 4 rings (SSSR count). The molecule has 1 aliphatic heterocycles. The fraction of sp³-hybridized carbons (Fsp3) is 0.333. The summed E-state index contributed by atoms with van der Waals surface area (Å²) in [6.45, 7) is 4.72. The highest BCUT2D eigenvalue weighted by Gasteiger charge is 2.32. The molecule has 0 aliphatic carbocycles. The van der Waals surface area contributed by atoms with Gasteiger partial charge in [-0.2, -0.15) is 5.26 Å². The minimum atomic E-state index is -0.625. The molecule has 3 aromatic rings.